The first kappa shape index (κ1) is 11.9. The molecule has 0 radical (unpaired) electrons. The van der Waals surface area contributed by atoms with Gasteiger partial charge in [-0.25, -0.2) is 4.39 Å². The molecule has 0 atom stereocenters. The number of halogens is 1. The van der Waals surface area contributed by atoms with E-state index in [2.05, 4.69) is 0 Å². The van der Waals surface area contributed by atoms with Crippen molar-refractivity contribution < 1.29 is 9.18 Å². The van der Waals surface area contributed by atoms with Gasteiger partial charge in [0.15, 0.2) is 0 Å². The Morgan fingerprint density at radius 3 is 2.76 bits per heavy atom. The molecular weight excluding hydrogens is 219 g/mol. The third-order valence-corrected chi connectivity index (χ3v) is 3.09. The second-order valence-corrected chi connectivity index (χ2v) is 4.52. The molecule has 0 bridgehead atoms. The molecule has 1 aliphatic rings. The van der Waals surface area contributed by atoms with Crippen LogP contribution in [0.3, 0.4) is 0 Å². The first-order valence-electron chi connectivity index (χ1n) is 5.96. The Balaban J connectivity index is 2.12. The number of nitrogens with two attached hydrogens (primary N) is 1. The highest BCUT2D eigenvalue weighted by Gasteiger charge is 2.26. The molecule has 1 amide bonds. The Bertz CT molecular complexity index is 429. The lowest BCUT2D eigenvalue weighted by Crippen LogP contribution is -2.32. The predicted molar refractivity (Wildman–Crippen MR) is 65.1 cm³/mol. The summed E-state index contributed by atoms with van der Waals surface area (Å²) in [5, 5.41) is 0. The van der Waals surface area contributed by atoms with Gasteiger partial charge in [-0.05, 0) is 43.9 Å². The monoisotopic (exact) mass is 236 g/mol. The molecule has 0 aliphatic heterocycles. The van der Waals surface area contributed by atoms with Crippen LogP contribution in [0.1, 0.15) is 30.1 Å². The van der Waals surface area contributed by atoms with E-state index in [1.54, 1.807) is 11.0 Å². The number of nitrogen functional groups attached to an aromatic ring is 1. The minimum atomic E-state index is -0.529. The van der Waals surface area contributed by atoms with E-state index < -0.39 is 5.82 Å². The van der Waals surface area contributed by atoms with Crippen LogP contribution >= 0.6 is 0 Å². The molecule has 0 unspecified atom stereocenters. The minimum absolute atomic E-state index is 0.0757. The van der Waals surface area contributed by atoms with Gasteiger partial charge >= 0.3 is 0 Å². The van der Waals surface area contributed by atoms with Crippen molar-refractivity contribution in [3.05, 3.63) is 29.6 Å². The average molecular weight is 236 g/mol. The van der Waals surface area contributed by atoms with Gasteiger partial charge in [0, 0.05) is 18.7 Å². The maximum atomic E-state index is 13.3. The number of benzene rings is 1. The van der Waals surface area contributed by atoms with Gasteiger partial charge in [-0.2, -0.15) is 0 Å². The van der Waals surface area contributed by atoms with Gasteiger partial charge in [0.05, 0.1) is 5.69 Å². The van der Waals surface area contributed by atoms with Crippen LogP contribution in [0, 0.1) is 11.7 Å². The first-order valence-corrected chi connectivity index (χ1v) is 5.96. The van der Waals surface area contributed by atoms with E-state index in [-0.39, 0.29) is 11.6 Å². The maximum Gasteiger partial charge on any atom is 0.253 e. The van der Waals surface area contributed by atoms with Crippen LogP contribution in [0.15, 0.2) is 18.2 Å². The summed E-state index contributed by atoms with van der Waals surface area (Å²) >= 11 is 0. The number of carbonyl (C=O) groups is 1. The largest absolute Gasteiger partial charge is 0.396 e. The van der Waals surface area contributed by atoms with E-state index >= 15 is 0 Å². The Morgan fingerprint density at radius 2 is 2.24 bits per heavy atom. The summed E-state index contributed by atoms with van der Waals surface area (Å²) in [5.74, 6) is -0.00541. The zero-order valence-electron chi connectivity index (χ0n) is 9.95. The van der Waals surface area contributed by atoms with Crippen LogP contribution in [0.4, 0.5) is 10.1 Å². The fourth-order valence-corrected chi connectivity index (χ4v) is 1.81. The third-order valence-electron chi connectivity index (χ3n) is 3.09. The molecule has 17 heavy (non-hydrogen) atoms. The molecule has 1 saturated carbocycles. The molecule has 1 aliphatic carbocycles. The SMILES string of the molecule is CCN(CC1CC1)C(=O)c1ccc(N)c(F)c1. The van der Waals surface area contributed by atoms with Crippen LogP contribution in [0.5, 0.6) is 0 Å². The van der Waals surface area contributed by atoms with E-state index in [1.165, 1.54) is 25.0 Å². The second kappa shape index (κ2) is 4.73. The standard InChI is InChI=1S/C13H17FN2O/c1-2-16(8-9-3-4-9)13(17)10-5-6-12(15)11(14)7-10/h5-7,9H,2-4,8,15H2,1H3. The number of hydrogen-bond acceptors (Lipinski definition) is 2. The van der Waals surface area contributed by atoms with Crippen LogP contribution < -0.4 is 5.73 Å². The van der Waals surface area contributed by atoms with E-state index in [4.69, 9.17) is 5.73 Å². The van der Waals surface area contributed by atoms with Crippen molar-refractivity contribution in [3.63, 3.8) is 0 Å². The lowest BCUT2D eigenvalue weighted by atomic mass is 10.1. The smallest absolute Gasteiger partial charge is 0.253 e. The number of hydrogen-bond donors (Lipinski definition) is 1. The van der Waals surface area contributed by atoms with Gasteiger partial charge in [-0.15, -0.1) is 0 Å². The van der Waals surface area contributed by atoms with Gasteiger partial charge in [0.2, 0.25) is 0 Å². The highest BCUT2D eigenvalue weighted by molar-refractivity contribution is 5.94. The number of nitrogens with zero attached hydrogens (tertiary/aromatic N) is 1. The average Bonchev–Trinajstić information content (AvgIpc) is 3.12. The quantitative estimate of drug-likeness (QED) is 0.815. The highest BCUT2D eigenvalue weighted by atomic mass is 19.1. The summed E-state index contributed by atoms with van der Waals surface area (Å²) in [4.78, 5) is 13.9. The van der Waals surface area contributed by atoms with E-state index in [0.717, 1.165) is 6.54 Å². The molecule has 1 fully saturated rings. The fourth-order valence-electron chi connectivity index (χ4n) is 1.81. The van der Waals surface area contributed by atoms with Crippen molar-refractivity contribution in [1.29, 1.82) is 0 Å². The molecule has 1 aromatic rings. The maximum absolute atomic E-state index is 13.3. The topological polar surface area (TPSA) is 46.3 Å². The molecule has 2 rings (SSSR count). The zero-order chi connectivity index (χ0) is 12.4. The summed E-state index contributed by atoms with van der Waals surface area (Å²) < 4.78 is 13.3. The molecule has 0 aromatic heterocycles. The van der Waals surface area contributed by atoms with Gasteiger partial charge in [0.25, 0.3) is 5.91 Å². The van der Waals surface area contributed by atoms with Crippen molar-refractivity contribution in [2.45, 2.75) is 19.8 Å². The second-order valence-electron chi connectivity index (χ2n) is 4.52. The lowest BCUT2D eigenvalue weighted by molar-refractivity contribution is 0.0756. The van der Waals surface area contributed by atoms with Crippen LogP contribution in [-0.4, -0.2) is 23.9 Å². The van der Waals surface area contributed by atoms with Crippen LogP contribution in [-0.2, 0) is 0 Å². The van der Waals surface area contributed by atoms with Crippen molar-refractivity contribution in [3.8, 4) is 0 Å². The molecule has 0 saturated heterocycles. The van der Waals surface area contributed by atoms with Gasteiger partial charge in [-0.3, -0.25) is 4.79 Å². The summed E-state index contributed by atoms with van der Waals surface area (Å²) in [6.07, 6.45) is 2.39. The molecule has 0 spiro atoms. The number of rotatable bonds is 4. The summed E-state index contributed by atoms with van der Waals surface area (Å²) in [5.41, 5.74) is 5.84. The molecule has 1 aromatic carbocycles. The van der Waals surface area contributed by atoms with E-state index in [9.17, 15) is 9.18 Å². The number of anilines is 1. The third kappa shape index (κ3) is 2.75. The van der Waals surface area contributed by atoms with E-state index in [0.29, 0.717) is 18.0 Å². The Labute approximate surface area is 100 Å². The molecule has 92 valence electrons. The van der Waals surface area contributed by atoms with E-state index in [1.807, 2.05) is 6.92 Å². The normalized spacial score (nSPS) is 14.7. The molecule has 2 N–H and O–H groups in total. The zero-order valence-corrected chi connectivity index (χ0v) is 9.95. The minimum Gasteiger partial charge on any atom is -0.396 e. The summed E-state index contributed by atoms with van der Waals surface area (Å²) in [6.45, 7) is 3.37. The molecule has 0 heterocycles. The van der Waals surface area contributed by atoms with Crippen molar-refractivity contribution >= 4 is 11.6 Å². The van der Waals surface area contributed by atoms with Crippen LogP contribution in [0.2, 0.25) is 0 Å². The van der Waals surface area contributed by atoms with Crippen molar-refractivity contribution in [2.75, 3.05) is 18.8 Å². The Hall–Kier alpha value is -1.58. The summed E-state index contributed by atoms with van der Waals surface area (Å²) in [7, 11) is 0. The van der Waals surface area contributed by atoms with Crippen LogP contribution in [0.25, 0.3) is 0 Å². The number of amides is 1. The van der Waals surface area contributed by atoms with Crippen molar-refractivity contribution in [1.82, 2.24) is 4.90 Å². The van der Waals surface area contributed by atoms with Gasteiger partial charge < -0.3 is 10.6 Å². The lowest BCUT2D eigenvalue weighted by Gasteiger charge is -2.20. The number of carbonyl (C=O) groups excluding carboxylic acids is 1. The molecule has 4 heteroatoms. The summed E-state index contributed by atoms with van der Waals surface area (Å²) in [6, 6.07) is 4.23. The predicted octanol–water partition coefficient (Wildman–Crippen LogP) is 2.28. The molecular formula is C13H17FN2O. The Morgan fingerprint density at radius 1 is 1.53 bits per heavy atom. The van der Waals surface area contributed by atoms with Crippen molar-refractivity contribution in [2.24, 2.45) is 5.92 Å². The molecule has 3 nitrogen and oxygen atoms in total. The Kier molecular flexibility index (Phi) is 3.31. The highest BCUT2D eigenvalue weighted by Crippen LogP contribution is 2.30. The van der Waals surface area contributed by atoms with Gasteiger partial charge in [0.1, 0.15) is 5.82 Å². The fraction of sp³-hybridized carbons (Fsp3) is 0.462. The van der Waals surface area contributed by atoms with Gasteiger partial charge in [-0.1, -0.05) is 0 Å². The first-order chi connectivity index (χ1) is 8.11.